The third-order valence-electron chi connectivity index (χ3n) is 5.05. The number of allylic oxidation sites excluding steroid dienone is 3. The Hall–Kier alpha value is -3.88. The van der Waals surface area contributed by atoms with Crippen LogP contribution < -0.4 is 19.7 Å². The summed E-state index contributed by atoms with van der Waals surface area (Å²) in [5.41, 5.74) is 2.97. The summed E-state index contributed by atoms with van der Waals surface area (Å²) in [4.78, 5) is 15.0. The Morgan fingerprint density at radius 2 is 2.09 bits per heavy atom. The highest BCUT2D eigenvalue weighted by Crippen LogP contribution is 2.35. The molecule has 3 heterocycles. The van der Waals surface area contributed by atoms with E-state index in [1.54, 1.807) is 44.5 Å². The molecule has 1 aromatic carbocycles. The lowest BCUT2D eigenvalue weighted by Crippen LogP contribution is -2.33. The van der Waals surface area contributed by atoms with Gasteiger partial charge >= 0.3 is 0 Å². The summed E-state index contributed by atoms with van der Waals surface area (Å²) in [5.74, 6) is 1.74. The number of aryl methyl sites for hydroxylation is 1. The lowest BCUT2D eigenvalue weighted by atomic mass is 10.2. The van der Waals surface area contributed by atoms with Gasteiger partial charge in [0.2, 0.25) is 5.95 Å². The van der Waals surface area contributed by atoms with Crippen molar-refractivity contribution in [3.05, 3.63) is 66.3 Å². The summed E-state index contributed by atoms with van der Waals surface area (Å²) in [5, 5.41) is 3.20. The van der Waals surface area contributed by atoms with E-state index in [1.165, 1.54) is 6.08 Å². The molecule has 9 heteroatoms. The zero-order valence-electron chi connectivity index (χ0n) is 18.5. The van der Waals surface area contributed by atoms with Crippen molar-refractivity contribution in [2.75, 3.05) is 30.5 Å². The molecule has 4 rings (SSSR count). The molecule has 0 fully saturated rings. The highest BCUT2D eigenvalue weighted by molar-refractivity contribution is 5.66. The van der Waals surface area contributed by atoms with E-state index < -0.39 is 0 Å². The third-order valence-corrected chi connectivity index (χ3v) is 5.05. The van der Waals surface area contributed by atoms with Crippen molar-refractivity contribution in [2.24, 2.45) is 0 Å². The van der Waals surface area contributed by atoms with Crippen molar-refractivity contribution in [2.45, 2.75) is 20.8 Å². The Labute approximate surface area is 186 Å². The molecule has 3 aromatic rings. The molecule has 0 radical (unpaired) electrons. The number of hydrogen-bond donors (Lipinski definition) is 1. The number of hydrogen-bond acceptors (Lipinski definition) is 7. The smallest absolute Gasteiger partial charge is 0.229 e. The fraction of sp³-hybridized carbons (Fsp3) is 0.261. The molecular weight excluding hydrogens is 411 g/mol. The van der Waals surface area contributed by atoms with Gasteiger partial charge < -0.3 is 24.3 Å². The number of methoxy groups -OCH3 is 1. The van der Waals surface area contributed by atoms with Crippen LogP contribution in [0.4, 0.5) is 21.8 Å². The number of benzene rings is 1. The number of fused-ring (bicyclic) bond motifs is 1. The minimum atomic E-state index is -0.316. The topological polar surface area (TPSA) is 77.3 Å². The van der Waals surface area contributed by atoms with Crippen LogP contribution in [0.15, 0.2) is 60.6 Å². The molecule has 1 aliphatic rings. The van der Waals surface area contributed by atoms with Crippen molar-refractivity contribution in [1.82, 2.24) is 19.5 Å². The van der Waals surface area contributed by atoms with E-state index in [4.69, 9.17) is 9.47 Å². The van der Waals surface area contributed by atoms with E-state index in [-0.39, 0.29) is 5.83 Å². The molecule has 8 nitrogen and oxygen atoms in total. The molecule has 0 amide bonds. The number of aromatic nitrogens is 4. The maximum atomic E-state index is 14.4. The Kier molecular flexibility index (Phi) is 6.07. The summed E-state index contributed by atoms with van der Waals surface area (Å²) < 4.78 is 27.6. The number of rotatable bonds is 6. The van der Waals surface area contributed by atoms with Crippen LogP contribution in [0.5, 0.6) is 11.5 Å². The van der Waals surface area contributed by atoms with Gasteiger partial charge in [0.05, 0.1) is 43.3 Å². The van der Waals surface area contributed by atoms with Crippen LogP contribution >= 0.6 is 0 Å². The monoisotopic (exact) mass is 436 g/mol. The Morgan fingerprint density at radius 3 is 2.78 bits per heavy atom. The molecule has 166 valence electrons. The summed E-state index contributed by atoms with van der Waals surface area (Å²) in [6.45, 7) is 6.29. The lowest BCUT2D eigenvalue weighted by molar-refractivity contribution is 0.307. The summed E-state index contributed by atoms with van der Waals surface area (Å²) in [6, 6.07) is 5.69. The van der Waals surface area contributed by atoms with E-state index in [1.807, 2.05) is 35.9 Å². The zero-order valence-corrected chi connectivity index (χ0v) is 18.5. The molecule has 0 spiro atoms. The van der Waals surface area contributed by atoms with Gasteiger partial charge in [-0.3, -0.25) is 0 Å². The predicted octanol–water partition coefficient (Wildman–Crippen LogP) is 4.70. The van der Waals surface area contributed by atoms with Gasteiger partial charge in [0, 0.05) is 18.0 Å². The minimum absolute atomic E-state index is 0.316. The SMILES string of the molecule is C/C=C(F)\C(=C/C)N1CCOc2cnc(Nc3ccc(-n4cnc(C)c4)c(OC)c3)nc21. The number of imidazole rings is 1. The molecular formula is C23H25FN6O2. The quantitative estimate of drug-likeness (QED) is 0.561. The Balaban J connectivity index is 1.64. The first-order chi connectivity index (χ1) is 15.5. The number of anilines is 3. The van der Waals surface area contributed by atoms with Crippen LogP contribution in [0.3, 0.4) is 0 Å². The van der Waals surface area contributed by atoms with E-state index in [0.29, 0.717) is 42.1 Å². The standard InChI is InChI=1S/C23H25FN6O2/c1-5-17(24)18(6-2)30-9-10-32-21-12-25-23(28-22(21)30)27-16-7-8-19(20(11-16)31-4)29-13-15(3)26-14-29/h5-8,11-14H,9-10H2,1-4H3,(H,25,27,28)/b17-5+,18-6+. The average molecular weight is 436 g/mol. The lowest BCUT2D eigenvalue weighted by Gasteiger charge is -2.31. The number of halogens is 1. The normalized spacial score (nSPS) is 14.1. The first-order valence-corrected chi connectivity index (χ1v) is 10.3. The molecule has 1 N–H and O–H groups in total. The summed E-state index contributed by atoms with van der Waals surface area (Å²) in [6.07, 6.45) is 8.41. The highest BCUT2D eigenvalue weighted by Gasteiger charge is 2.25. The summed E-state index contributed by atoms with van der Waals surface area (Å²) in [7, 11) is 1.62. The highest BCUT2D eigenvalue weighted by atomic mass is 19.1. The van der Waals surface area contributed by atoms with E-state index in [9.17, 15) is 4.39 Å². The van der Waals surface area contributed by atoms with Gasteiger partial charge in [-0.05, 0) is 39.0 Å². The largest absolute Gasteiger partial charge is 0.494 e. The van der Waals surface area contributed by atoms with Gasteiger partial charge in [0.25, 0.3) is 0 Å². The molecule has 1 aliphatic heterocycles. The van der Waals surface area contributed by atoms with Crippen LogP contribution in [0, 0.1) is 6.92 Å². The number of nitrogens with zero attached hydrogens (tertiary/aromatic N) is 5. The minimum Gasteiger partial charge on any atom is -0.494 e. The molecule has 0 unspecified atom stereocenters. The van der Waals surface area contributed by atoms with E-state index in [0.717, 1.165) is 17.1 Å². The fourth-order valence-corrected chi connectivity index (χ4v) is 3.53. The Morgan fingerprint density at radius 1 is 1.25 bits per heavy atom. The van der Waals surface area contributed by atoms with Crippen molar-refractivity contribution in [3.8, 4) is 17.2 Å². The van der Waals surface area contributed by atoms with Crippen molar-refractivity contribution in [1.29, 1.82) is 0 Å². The fourth-order valence-electron chi connectivity index (χ4n) is 3.53. The first-order valence-electron chi connectivity index (χ1n) is 10.3. The second-order valence-corrected chi connectivity index (χ2v) is 7.13. The van der Waals surface area contributed by atoms with E-state index >= 15 is 0 Å². The molecule has 0 saturated heterocycles. The van der Waals surface area contributed by atoms with Crippen molar-refractivity contribution < 1.29 is 13.9 Å². The van der Waals surface area contributed by atoms with Crippen molar-refractivity contribution >= 4 is 17.5 Å². The third kappa shape index (κ3) is 4.14. The van der Waals surface area contributed by atoms with Gasteiger partial charge in [-0.1, -0.05) is 6.08 Å². The van der Waals surface area contributed by atoms with Gasteiger partial charge in [-0.25, -0.2) is 14.4 Å². The van der Waals surface area contributed by atoms with Crippen LogP contribution in [0.25, 0.3) is 5.69 Å². The molecule has 0 saturated carbocycles. The molecule has 2 aromatic heterocycles. The number of nitrogens with one attached hydrogen (secondary N) is 1. The Bertz CT molecular complexity index is 1190. The molecule has 32 heavy (non-hydrogen) atoms. The van der Waals surface area contributed by atoms with E-state index in [2.05, 4.69) is 20.3 Å². The van der Waals surface area contributed by atoms with Gasteiger partial charge in [0.1, 0.15) is 18.2 Å². The van der Waals surface area contributed by atoms with Gasteiger partial charge in [-0.2, -0.15) is 4.98 Å². The average Bonchev–Trinajstić information content (AvgIpc) is 3.25. The second-order valence-electron chi connectivity index (χ2n) is 7.13. The van der Waals surface area contributed by atoms with Crippen LogP contribution in [-0.4, -0.2) is 39.8 Å². The molecule has 0 bridgehead atoms. The van der Waals surface area contributed by atoms with Crippen molar-refractivity contribution in [3.63, 3.8) is 0 Å². The molecule has 0 atom stereocenters. The number of ether oxygens (including phenoxy) is 2. The maximum Gasteiger partial charge on any atom is 0.229 e. The van der Waals surface area contributed by atoms with Gasteiger partial charge in [0.15, 0.2) is 11.6 Å². The van der Waals surface area contributed by atoms with Crippen LogP contribution in [0.1, 0.15) is 19.5 Å². The predicted molar refractivity (Wildman–Crippen MR) is 122 cm³/mol. The summed E-state index contributed by atoms with van der Waals surface area (Å²) >= 11 is 0. The second kappa shape index (κ2) is 9.09. The maximum absolute atomic E-state index is 14.4. The molecule has 0 aliphatic carbocycles. The first kappa shape index (κ1) is 21.4. The van der Waals surface area contributed by atoms with Crippen LogP contribution in [0.2, 0.25) is 0 Å². The van der Waals surface area contributed by atoms with Crippen LogP contribution in [-0.2, 0) is 0 Å². The van der Waals surface area contributed by atoms with Gasteiger partial charge in [-0.15, -0.1) is 0 Å². The zero-order chi connectivity index (χ0) is 22.7.